The Labute approximate surface area is 140 Å². The summed E-state index contributed by atoms with van der Waals surface area (Å²) < 4.78 is 5.20. The van der Waals surface area contributed by atoms with Crippen LogP contribution in [0.1, 0.15) is 28.1 Å². The molecule has 1 aromatic carbocycles. The van der Waals surface area contributed by atoms with Gasteiger partial charge in [-0.1, -0.05) is 30.3 Å². The van der Waals surface area contributed by atoms with Gasteiger partial charge in [-0.25, -0.2) is 0 Å². The van der Waals surface area contributed by atoms with E-state index < -0.39 is 5.91 Å². The lowest BCUT2D eigenvalue weighted by molar-refractivity contribution is -0.118. The van der Waals surface area contributed by atoms with Crippen LogP contribution in [0.3, 0.4) is 0 Å². The Kier molecular flexibility index (Phi) is 7.31. The van der Waals surface area contributed by atoms with E-state index in [1.54, 1.807) is 11.0 Å². The molecule has 2 aromatic rings. The van der Waals surface area contributed by atoms with Crippen LogP contribution in [-0.4, -0.2) is 23.3 Å². The first-order valence-corrected chi connectivity index (χ1v) is 6.99. The van der Waals surface area contributed by atoms with Gasteiger partial charge in [-0.05, 0) is 11.6 Å². The number of carbonyl (C=O) groups is 2. The molecule has 0 atom stereocenters. The van der Waals surface area contributed by atoms with E-state index in [0.29, 0.717) is 17.9 Å². The topological polar surface area (TPSA) is 103 Å². The van der Waals surface area contributed by atoms with Crippen molar-refractivity contribution in [1.29, 1.82) is 0 Å². The lowest BCUT2D eigenvalue weighted by atomic mass is 10.2. The third kappa shape index (κ3) is 5.43. The van der Waals surface area contributed by atoms with Gasteiger partial charge in [0, 0.05) is 19.5 Å². The van der Waals surface area contributed by atoms with Crippen LogP contribution >= 0.6 is 12.4 Å². The number of benzene rings is 1. The van der Waals surface area contributed by atoms with Crippen molar-refractivity contribution in [3.63, 3.8) is 0 Å². The molecule has 0 saturated carbocycles. The second kappa shape index (κ2) is 8.97. The van der Waals surface area contributed by atoms with Crippen molar-refractivity contribution in [3.8, 4) is 0 Å². The van der Waals surface area contributed by atoms with Gasteiger partial charge in [0.1, 0.15) is 12.0 Å². The monoisotopic (exact) mass is 337 g/mol. The average molecular weight is 338 g/mol. The predicted octanol–water partition coefficient (Wildman–Crippen LogP) is 1.68. The molecule has 0 aliphatic carbocycles. The minimum Gasteiger partial charge on any atom is -0.467 e. The van der Waals surface area contributed by atoms with Crippen molar-refractivity contribution in [2.45, 2.75) is 19.5 Å². The van der Waals surface area contributed by atoms with E-state index in [1.807, 2.05) is 30.3 Å². The molecular weight excluding hydrogens is 318 g/mol. The van der Waals surface area contributed by atoms with Gasteiger partial charge in [0.2, 0.25) is 5.91 Å². The molecule has 0 spiro atoms. The predicted molar refractivity (Wildman–Crippen MR) is 88.8 cm³/mol. The molecular formula is C16H20ClN3O3. The fourth-order valence-electron chi connectivity index (χ4n) is 2.08. The van der Waals surface area contributed by atoms with Crippen molar-refractivity contribution in [3.05, 3.63) is 59.5 Å². The van der Waals surface area contributed by atoms with E-state index in [1.165, 1.54) is 6.26 Å². The van der Waals surface area contributed by atoms with Crippen molar-refractivity contribution in [1.82, 2.24) is 4.90 Å². The summed E-state index contributed by atoms with van der Waals surface area (Å²) in [4.78, 5) is 25.2. The van der Waals surface area contributed by atoms with Crippen molar-refractivity contribution in [2.75, 3.05) is 6.54 Å². The van der Waals surface area contributed by atoms with E-state index in [-0.39, 0.29) is 37.8 Å². The molecule has 4 N–H and O–H groups in total. The molecule has 0 unspecified atom stereocenters. The first-order chi connectivity index (χ1) is 10.6. The van der Waals surface area contributed by atoms with Gasteiger partial charge in [0.05, 0.1) is 12.1 Å². The van der Waals surface area contributed by atoms with Gasteiger partial charge in [-0.15, -0.1) is 12.4 Å². The summed E-state index contributed by atoms with van der Waals surface area (Å²) in [7, 11) is 0. The molecule has 0 saturated heterocycles. The van der Waals surface area contributed by atoms with Gasteiger partial charge in [-0.3, -0.25) is 9.59 Å². The summed E-state index contributed by atoms with van der Waals surface area (Å²) >= 11 is 0. The largest absolute Gasteiger partial charge is 0.467 e. The van der Waals surface area contributed by atoms with Crippen LogP contribution < -0.4 is 11.5 Å². The summed E-state index contributed by atoms with van der Waals surface area (Å²) in [5.74, 6) is -0.118. The number of carbonyl (C=O) groups excluding carboxylic acids is 2. The molecule has 124 valence electrons. The molecule has 1 heterocycles. The van der Waals surface area contributed by atoms with Crippen LogP contribution in [-0.2, 0) is 17.9 Å². The molecule has 0 aliphatic heterocycles. The Morgan fingerprint density at radius 2 is 1.87 bits per heavy atom. The first kappa shape index (κ1) is 18.7. The number of hydrogen-bond acceptors (Lipinski definition) is 4. The second-order valence-electron chi connectivity index (χ2n) is 4.93. The van der Waals surface area contributed by atoms with E-state index in [2.05, 4.69) is 0 Å². The normalized spacial score (nSPS) is 9.96. The third-order valence-electron chi connectivity index (χ3n) is 3.23. The molecule has 0 radical (unpaired) electrons. The van der Waals surface area contributed by atoms with Crippen LogP contribution in [0, 0.1) is 0 Å². The van der Waals surface area contributed by atoms with Gasteiger partial charge >= 0.3 is 0 Å². The lowest BCUT2D eigenvalue weighted by Crippen LogP contribution is -2.33. The average Bonchev–Trinajstić information content (AvgIpc) is 3.00. The van der Waals surface area contributed by atoms with Gasteiger partial charge in [0.15, 0.2) is 0 Å². The zero-order valence-electron chi connectivity index (χ0n) is 12.6. The SMILES string of the molecule is Cl.NCc1cc(C(=O)N(CCC(N)=O)Cc2ccccc2)co1. The van der Waals surface area contributed by atoms with Crippen LogP contribution in [0.25, 0.3) is 0 Å². The van der Waals surface area contributed by atoms with E-state index >= 15 is 0 Å². The van der Waals surface area contributed by atoms with Crippen molar-refractivity contribution in [2.24, 2.45) is 11.5 Å². The maximum absolute atomic E-state index is 12.6. The minimum absolute atomic E-state index is 0. The van der Waals surface area contributed by atoms with E-state index in [4.69, 9.17) is 15.9 Å². The summed E-state index contributed by atoms with van der Waals surface area (Å²) in [5, 5.41) is 0. The molecule has 0 bridgehead atoms. The molecule has 2 rings (SSSR count). The summed E-state index contributed by atoms with van der Waals surface area (Å²) in [6.45, 7) is 0.884. The number of hydrogen-bond donors (Lipinski definition) is 2. The van der Waals surface area contributed by atoms with Crippen LogP contribution in [0.15, 0.2) is 47.1 Å². The van der Waals surface area contributed by atoms with E-state index in [0.717, 1.165) is 5.56 Å². The molecule has 2 amide bonds. The number of halogens is 1. The highest BCUT2D eigenvalue weighted by molar-refractivity contribution is 5.94. The number of amides is 2. The Balaban J connectivity index is 0.00000264. The fourth-order valence-corrected chi connectivity index (χ4v) is 2.08. The third-order valence-corrected chi connectivity index (χ3v) is 3.23. The van der Waals surface area contributed by atoms with Crippen molar-refractivity contribution < 1.29 is 14.0 Å². The van der Waals surface area contributed by atoms with Gasteiger partial charge < -0.3 is 20.8 Å². The molecule has 7 heteroatoms. The highest BCUT2D eigenvalue weighted by Gasteiger charge is 2.19. The Morgan fingerprint density at radius 3 is 2.43 bits per heavy atom. The Morgan fingerprint density at radius 1 is 1.17 bits per heavy atom. The van der Waals surface area contributed by atoms with Crippen LogP contribution in [0.5, 0.6) is 0 Å². The lowest BCUT2D eigenvalue weighted by Gasteiger charge is -2.21. The quantitative estimate of drug-likeness (QED) is 0.802. The smallest absolute Gasteiger partial charge is 0.257 e. The highest BCUT2D eigenvalue weighted by Crippen LogP contribution is 2.13. The Hall–Kier alpha value is -2.31. The minimum atomic E-state index is -0.444. The molecule has 1 aromatic heterocycles. The summed E-state index contributed by atoms with van der Waals surface area (Å²) in [5.41, 5.74) is 12.1. The number of nitrogens with zero attached hydrogens (tertiary/aromatic N) is 1. The Bertz CT molecular complexity index is 643. The number of rotatable bonds is 7. The van der Waals surface area contributed by atoms with Crippen LogP contribution in [0.2, 0.25) is 0 Å². The standard InChI is InChI=1S/C16H19N3O3.ClH/c17-9-14-8-13(11-22-14)16(21)19(7-6-15(18)20)10-12-4-2-1-3-5-12;/h1-5,8,11H,6-7,9-10,17H2,(H2,18,20);1H. The maximum atomic E-state index is 12.6. The maximum Gasteiger partial charge on any atom is 0.257 e. The van der Waals surface area contributed by atoms with E-state index in [9.17, 15) is 9.59 Å². The number of furan rings is 1. The fraction of sp³-hybridized carbons (Fsp3) is 0.250. The van der Waals surface area contributed by atoms with Crippen molar-refractivity contribution >= 4 is 24.2 Å². The van der Waals surface area contributed by atoms with Gasteiger partial charge in [0.25, 0.3) is 5.91 Å². The molecule has 0 aliphatic rings. The summed E-state index contributed by atoms with van der Waals surface area (Å²) in [6.07, 6.45) is 1.49. The first-order valence-electron chi connectivity index (χ1n) is 6.99. The summed E-state index contributed by atoms with van der Waals surface area (Å²) in [6, 6.07) is 11.2. The number of nitrogens with two attached hydrogens (primary N) is 2. The molecule has 0 fully saturated rings. The second-order valence-corrected chi connectivity index (χ2v) is 4.93. The van der Waals surface area contributed by atoms with Gasteiger partial charge in [-0.2, -0.15) is 0 Å². The zero-order valence-corrected chi connectivity index (χ0v) is 13.4. The molecule has 6 nitrogen and oxygen atoms in total. The highest BCUT2D eigenvalue weighted by atomic mass is 35.5. The van der Waals surface area contributed by atoms with Crippen LogP contribution in [0.4, 0.5) is 0 Å². The number of primary amides is 1. The molecule has 23 heavy (non-hydrogen) atoms. The zero-order chi connectivity index (χ0) is 15.9.